The Morgan fingerprint density at radius 2 is 2.10 bits per heavy atom. The highest BCUT2D eigenvalue weighted by atomic mass is 16.3. The summed E-state index contributed by atoms with van der Waals surface area (Å²) in [7, 11) is 0. The van der Waals surface area contributed by atoms with E-state index in [1.54, 1.807) is 0 Å². The number of anilines is 1. The molecule has 0 radical (unpaired) electrons. The molecule has 0 aromatic heterocycles. The van der Waals surface area contributed by atoms with Crippen molar-refractivity contribution in [1.29, 1.82) is 0 Å². The Morgan fingerprint density at radius 1 is 1.29 bits per heavy atom. The topological polar surface area (TPSA) is 61.4 Å². The first kappa shape index (κ1) is 14.4. The van der Waals surface area contributed by atoms with Crippen LogP contribution < -0.4 is 10.6 Å². The minimum atomic E-state index is -0.134. The summed E-state index contributed by atoms with van der Waals surface area (Å²) in [5.41, 5.74) is 3.17. The molecule has 1 aromatic carbocycles. The maximum Gasteiger partial charge on any atom is 0.251 e. The van der Waals surface area contributed by atoms with Gasteiger partial charge in [-0.05, 0) is 68.2 Å². The lowest BCUT2D eigenvalue weighted by atomic mass is 9.87. The Morgan fingerprint density at radius 3 is 2.90 bits per heavy atom. The van der Waals surface area contributed by atoms with E-state index in [4.69, 9.17) is 0 Å². The highest BCUT2D eigenvalue weighted by molar-refractivity contribution is 5.95. The molecule has 0 bridgehead atoms. The molecule has 114 valence electrons. The minimum absolute atomic E-state index is 0.0227. The van der Waals surface area contributed by atoms with Gasteiger partial charge in [0.1, 0.15) is 0 Å². The van der Waals surface area contributed by atoms with E-state index < -0.39 is 0 Å². The molecule has 4 nitrogen and oxygen atoms in total. The molecule has 4 heteroatoms. The molecule has 3 rings (SSSR count). The smallest absolute Gasteiger partial charge is 0.251 e. The largest absolute Gasteiger partial charge is 0.393 e. The summed E-state index contributed by atoms with van der Waals surface area (Å²) in [5.74, 6) is 0.533. The number of carbonyl (C=O) groups is 1. The number of hydrogen-bond donors (Lipinski definition) is 3. The van der Waals surface area contributed by atoms with Gasteiger partial charge < -0.3 is 15.7 Å². The molecular weight excluding hydrogens is 264 g/mol. The summed E-state index contributed by atoms with van der Waals surface area (Å²) in [6, 6.07) is 5.93. The Kier molecular flexibility index (Phi) is 4.44. The van der Waals surface area contributed by atoms with Crippen LogP contribution in [0.3, 0.4) is 0 Å². The molecule has 0 atom stereocenters. The van der Waals surface area contributed by atoms with Crippen LogP contribution in [-0.4, -0.2) is 30.2 Å². The van der Waals surface area contributed by atoms with Crippen molar-refractivity contribution in [3.05, 3.63) is 29.3 Å². The molecule has 1 aromatic rings. The molecule has 3 N–H and O–H groups in total. The molecule has 1 aliphatic carbocycles. The highest BCUT2D eigenvalue weighted by Crippen LogP contribution is 2.24. The van der Waals surface area contributed by atoms with Crippen molar-refractivity contribution in [2.75, 3.05) is 18.4 Å². The SMILES string of the molecule is O=C(NCC1CCC(O)CC1)c1ccc2c(c1)CCCN2. The summed E-state index contributed by atoms with van der Waals surface area (Å²) in [4.78, 5) is 12.3. The summed E-state index contributed by atoms with van der Waals surface area (Å²) in [6.07, 6.45) is 5.79. The van der Waals surface area contributed by atoms with Crippen molar-refractivity contribution in [3.63, 3.8) is 0 Å². The van der Waals surface area contributed by atoms with Gasteiger partial charge in [-0.25, -0.2) is 0 Å². The average Bonchev–Trinajstić information content (AvgIpc) is 2.53. The number of carbonyl (C=O) groups excluding carboxylic acids is 1. The van der Waals surface area contributed by atoms with Gasteiger partial charge in [0, 0.05) is 24.3 Å². The van der Waals surface area contributed by atoms with Crippen LogP contribution in [0.25, 0.3) is 0 Å². The van der Waals surface area contributed by atoms with Crippen molar-refractivity contribution in [2.24, 2.45) is 5.92 Å². The standard InChI is InChI=1S/C17H24N2O2/c20-15-6-3-12(4-7-15)11-19-17(21)14-5-8-16-13(10-14)2-1-9-18-16/h5,8,10,12,15,18,20H,1-4,6-7,9,11H2,(H,19,21). The highest BCUT2D eigenvalue weighted by Gasteiger charge is 2.20. The number of aryl methyl sites for hydroxylation is 1. The van der Waals surface area contributed by atoms with Gasteiger partial charge in [0.15, 0.2) is 0 Å². The summed E-state index contributed by atoms with van der Waals surface area (Å²) < 4.78 is 0. The van der Waals surface area contributed by atoms with E-state index in [1.165, 1.54) is 11.3 Å². The number of fused-ring (bicyclic) bond motifs is 1. The molecule has 1 heterocycles. The number of rotatable bonds is 3. The molecule has 1 amide bonds. The Bertz CT molecular complexity index is 508. The molecule has 2 aliphatic rings. The maximum atomic E-state index is 12.3. The van der Waals surface area contributed by atoms with E-state index in [-0.39, 0.29) is 12.0 Å². The third kappa shape index (κ3) is 3.56. The fourth-order valence-corrected chi connectivity index (χ4v) is 3.30. The zero-order valence-electron chi connectivity index (χ0n) is 12.4. The molecule has 1 fully saturated rings. The van der Waals surface area contributed by atoms with E-state index in [1.807, 2.05) is 18.2 Å². The monoisotopic (exact) mass is 288 g/mol. The summed E-state index contributed by atoms with van der Waals surface area (Å²) in [6.45, 7) is 1.74. The van der Waals surface area contributed by atoms with Crippen LogP contribution in [0, 0.1) is 5.92 Å². The molecule has 21 heavy (non-hydrogen) atoms. The van der Waals surface area contributed by atoms with E-state index >= 15 is 0 Å². The van der Waals surface area contributed by atoms with Gasteiger partial charge in [-0.2, -0.15) is 0 Å². The van der Waals surface area contributed by atoms with Crippen molar-refractivity contribution < 1.29 is 9.90 Å². The second kappa shape index (κ2) is 6.48. The van der Waals surface area contributed by atoms with Gasteiger partial charge in [-0.1, -0.05) is 0 Å². The van der Waals surface area contributed by atoms with Crippen LogP contribution >= 0.6 is 0 Å². The zero-order chi connectivity index (χ0) is 14.7. The third-order valence-electron chi connectivity index (χ3n) is 4.67. The Labute approximate surface area is 125 Å². The fraction of sp³-hybridized carbons (Fsp3) is 0.588. The number of hydrogen-bond acceptors (Lipinski definition) is 3. The zero-order valence-corrected chi connectivity index (χ0v) is 12.4. The lowest BCUT2D eigenvalue weighted by Crippen LogP contribution is -2.32. The normalized spacial score (nSPS) is 24.8. The molecule has 0 unspecified atom stereocenters. The first-order valence-corrected chi connectivity index (χ1v) is 8.05. The van der Waals surface area contributed by atoms with Crippen LogP contribution in [0.2, 0.25) is 0 Å². The molecule has 1 saturated carbocycles. The predicted molar refractivity (Wildman–Crippen MR) is 83.6 cm³/mol. The molecular formula is C17H24N2O2. The molecule has 0 spiro atoms. The quantitative estimate of drug-likeness (QED) is 0.800. The van der Waals surface area contributed by atoms with E-state index in [9.17, 15) is 9.90 Å². The van der Waals surface area contributed by atoms with Crippen LogP contribution in [0.1, 0.15) is 48.0 Å². The van der Waals surface area contributed by atoms with E-state index in [0.29, 0.717) is 5.92 Å². The van der Waals surface area contributed by atoms with Crippen molar-refractivity contribution in [2.45, 2.75) is 44.6 Å². The Balaban J connectivity index is 1.55. The minimum Gasteiger partial charge on any atom is -0.393 e. The van der Waals surface area contributed by atoms with Crippen LogP contribution in [-0.2, 0) is 6.42 Å². The third-order valence-corrected chi connectivity index (χ3v) is 4.67. The fourth-order valence-electron chi connectivity index (χ4n) is 3.30. The van der Waals surface area contributed by atoms with E-state index in [0.717, 1.165) is 57.2 Å². The van der Waals surface area contributed by atoms with Crippen molar-refractivity contribution in [3.8, 4) is 0 Å². The van der Waals surface area contributed by atoms with E-state index in [2.05, 4.69) is 10.6 Å². The van der Waals surface area contributed by atoms with Gasteiger partial charge in [-0.15, -0.1) is 0 Å². The molecule has 0 saturated heterocycles. The van der Waals surface area contributed by atoms with Gasteiger partial charge in [0.05, 0.1) is 6.10 Å². The van der Waals surface area contributed by atoms with Gasteiger partial charge >= 0.3 is 0 Å². The van der Waals surface area contributed by atoms with Crippen LogP contribution in [0.4, 0.5) is 5.69 Å². The van der Waals surface area contributed by atoms with Gasteiger partial charge in [0.2, 0.25) is 0 Å². The lowest BCUT2D eigenvalue weighted by molar-refractivity contribution is 0.0910. The van der Waals surface area contributed by atoms with Crippen molar-refractivity contribution in [1.82, 2.24) is 5.32 Å². The number of benzene rings is 1. The number of nitrogens with one attached hydrogen (secondary N) is 2. The second-order valence-electron chi connectivity index (χ2n) is 6.29. The lowest BCUT2D eigenvalue weighted by Gasteiger charge is -2.25. The second-order valence-corrected chi connectivity index (χ2v) is 6.29. The number of aliphatic hydroxyl groups excluding tert-OH is 1. The van der Waals surface area contributed by atoms with Gasteiger partial charge in [-0.3, -0.25) is 4.79 Å². The maximum absolute atomic E-state index is 12.3. The van der Waals surface area contributed by atoms with Crippen molar-refractivity contribution >= 4 is 11.6 Å². The number of aliphatic hydroxyl groups is 1. The van der Waals surface area contributed by atoms with Crippen LogP contribution in [0.5, 0.6) is 0 Å². The average molecular weight is 288 g/mol. The van der Waals surface area contributed by atoms with Gasteiger partial charge in [0.25, 0.3) is 5.91 Å². The first-order valence-electron chi connectivity index (χ1n) is 8.05. The predicted octanol–water partition coefficient (Wildman–Crippen LogP) is 2.33. The summed E-state index contributed by atoms with van der Waals surface area (Å²) in [5, 5.41) is 15.9. The molecule has 1 aliphatic heterocycles. The first-order chi connectivity index (χ1) is 10.2. The Hall–Kier alpha value is -1.55. The van der Waals surface area contributed by atoms with Crippen LogP contribution in [0.15, 0.2) is 18.2 Å². The summed E-state index contributed by atoms with van der Waals surface area (Å²) >= 11 is 0. The number of amides is 1.